The molecule has 2 rings (SSSR count). The van der Waals surface area contributed by atoms with Gasteiger partial charge < -0.3 is 10.6 Å². The molecule has 1 heterocycles. The number of halogens is 1. The average molecular weight is 276 g/mol. The van der Waals surface area contributed by atoms with Crippen LogP contribution in [-0.4, -0.2) is 17.9 Å². The average Bonchev–Trinajstić information content (AvgIpc) is 2.41. The van der Waals surface area contributed by atoms with Gasteiger partial charge in [0.05, 0.1) is 10.6 Å². The van der Waals surface area contributed by atoms with Crippen LogP contribution in [0.1, 0.15) is 15.9 Å². The van der Waals surface area contributed by atoms with Crippen LogP contribution in [0.25, 0.3) is 0 Å². The van der Waals surface area contributed by atoms with Crippen molar-refractivity contribution < 1.29 is 4.79 Å². The van der Waals surface area contributed by atoms with Crippen molar-refractivity contribution in [3.05, 3.63) is 52.7 Å². The molecule has 5 heteroatoms. The Bertz CT molecular complexity index is 613. The number of benzene rings is 1. The van der Waals surface area contributed by atoms with Gasteiger partial charge in [0.2, 0.25) is 0 Å². The lowest BCUT2D eigenvalue weighted by molar-refractivity contribution is 0.102. The molecule has 0 aliphatic carbocycles. The maximum atomic E-state index is 12.2. The van der Waals surface area contributed by atoms with Gasteiger partial charge in [0.1, 0.15) is 0 Å². The van der Waals surface area contributed by atoms with Crippen LogP contribution < -0.4 is 10.6 Å². The van der Waals surface area contributed by atoms with Gasteiger partial charge in [-0.05, 0) is 36.8 Å². The van der Waals surface area contributed by atoms with E-state index in [1.54, 1.807) is 31.4 Å². The maximum absolute atomic E-state index is 12.2. The van der Waals surface area contributed by atoms with Crippen LogP contribution in [0.2, 0.25) is 5.02 Å². The third kappa shape index (κ3) is 3.03. The minimum atomic E-state index is -0.245. The molecule has 0 unspecified atom stereocenters. The van der Waals surface area contributed by atoms with Gasteiger partial charge >= 0.3 is 0 Å². The second-order valence-corrected chi connectivity index (χ2v) is 4.49. The molecular formula is C14H14ClN3O. The number of nitrogens with zero attached hydrogens (tertiary/aromatic N) is 1. The minimum absolute atomic E-state index is 0.245. The molecule has 0 saturated carbocycles. The standard InChI is InChI=1S/C14H14ClN3O/c1-9-5-6-10(12(8-9)16-2)14(19)18-13-11(15)4-3-7-17-13/h3-8,16H,1-2H3,(H,17,18,19). The van der Waals surface area contributed by atoms with Crippen molar-refractivity contribution in [2.24, 2.45) is 0 Å². The van der Waals surface area contributed by atoms with Crippen molar-refractivity contribution in [3.63, 3.8) is 0 Å². The number of amides is 1. The van der Waals surface area contributed by atoms with Gasteiger partial charge in [-0.2, -0.15) is 0 Å². The molecular weight excluding hydrogens is 262 g/mol. The van der Waals surface area contributed by atoms with Gasteiger partial charge in [-0.1, -0.05) is 17.7 Å². The number of carbonyl (C=O) groups excluding carboxylic acids is 1. The zero-order valence-corrected chi connectivity index (χ0v) is 11.5. The first-order chi connectivity index (χ1) is 9.11. The molecule has 4 nitrogen and oxygen atoms in total. The lowest BCUT2D eigenvalue weighted by atomic mass is 10.1. The van der Waals surface area contributed by atoms with Crippen LogP contribution in [0.4, 0.5) is 11.5 Å². The van der Waals surface area contributed by atoms with Gasteiger partial charge in [-0.3, -0.25) is 4.79 Å². The normalized spacial score (nSPS) is 10.1. The molecule has 1 aromatic carbocycles. The summed E-state index contributed by atoms with van der Waals surface area (Å²) in [7, 11) is 1.78. The molecule has 2 aromatic rings. The van der Waals surface area contributed by atoms with Crippen LogP contribution in [0.15, 0.2) is 36.5 Å². The molecule has 0 saturated heterocycles. The van der Waals surface area contributed by atoms with E-state index in [0.29, 0.717) is 16.4 Å². The molecule has 0 aliphatic heterocycles. The predicted molar refractivity (Wildman–Crippen MR) is 77.9 cm³/mol. The Morgan fingerprint density at radius 3 is 2.79 bits per heavy atom. The van der Waals surface area contributed by atoms with Gasteiger partial charge in [-0.25, -0.2) is 4.98 Å². The number of hydrogen-bond acceptors (Lipinski definition) is 3. The Morgan fingerprint density at radius 2 is 2.11 bits per heavy atom. The van der Waals surface area contributed by atoms with Crippen LogP contribution >= 0.6 is 11.6 Å². The molecule has 0 aliphatic rings. The van der Waals surface area contributed by atoms with Crippen molar-refractivity contribution in [1.29, 1.82) is 0 Å². The highest BCUT2D eigenvalue weighted by molar-refractivity contribution is 6.33. The van der Waals surface area contributed by atoms with E-state index in [0.717, 1.165) is 11.3 Å². The van der Waals surface area contributed by atoms with E-state index in [1.807, 2.05) is 19.1 Å². The smallest absolute Gasteiger partial charge is 0.258 e. The lowest BCUT2D eigenvalue weighted by Gasteiger charge is -2.10. The van der Waals surface area contributed by atoms with E-state index in [9.17, 15) is 4.79 Å². The molecule has 0 spiro atoms. The topological polar surface area (TPSA) is 54.0 Å². The molecule has 2 N–H and O–H groups in total. The van der Waals surface area contributed by atoms with Crippen LogP contribution in [0.5, 0.6) is 0 Å². The van der Waals surface area contributed by atoms with Crippen molar-refractivity contribution in [2.75, 3.05) is 17.7 Å². The number of anilines is 2. The quantitative estimate of drug-likeness (QED) is 0.903. The molecule has 0 bridgehead atoms. The fourth-order valence-electron chi connectivity index (χ4n) is 1.72. The molecule has 1 aromatic heterocycles. The van der Waals surface area contributed by atoms with E-state index in [2.05, 4.69) is 15.6 Å². The summed E-state index contributed by atoms with van der Waals surface area (Å²) in [6, 6.07) is 8.96. The number of pyridine rings is 1. The molecule has 19 heavy (non-hydrogen) atoms. The summed E-state index contributed by atoms with van der Waals surface area (Å²) in [6.45, 7) is 1.97. The van der Waals surface area contributed by atoms with E-state index in [1.165, 1.54) is 0 Å². The Labute approximate surface area is 116 Å². The van der Waals surface area contributed by atoms with Gasteiger partial charge in [0.25, 0.3) is 5.91 Å². The second-order valence-electron chi connectivity index (χ2n) is 4.09. The van der Waals surface area contributed by atoms with Gasteiger partial charge in [0, 0.05) is 18.9 Å². The largest absolute Gasteiger partial charge is 0.387 e. The van der Waals surface area contributed by atoms with Gasteiger partial charge in [-0.15, -0.1) is 0 Å². The molecule has 98 valence electrons. The number of aryl methyl sites for hydroxylation is 1. The Hall–Kier alpha value is -2.07. The van der Waals surface area contributed by atoms with Crippen molar-refractivity contribution >= 4 is 29.0 Å². The Balaban J connectivity index is 2.28. The first-order valence-corrected chi connectivity index (χ1v) is 6.20. The van der Waals surface area contributed by atoms with Crippen LogP contribution in [-0.2, 0) is 0 Å². The molecule has 0 fully saturated rings. The lowest BCUT2D eigenvalue weighted by Crippen LogP contribution is -2.15. The summed E-state index contributed by atoms with van der Waals surface area (Å²) >= 11 is 5.96. The third-order valence-corrected chi connectivity index (χ3v) is 2.98. The summed E-state index contributed by atoms with van der Waals surface area (Å²) in [5, 5.41) is 6.11. The van der Waals surface area contributed by atoms with E-state index in [4.69, 9.17) is 11.6 Å². The Kier molecular flexibility index (Phi) is 4.02. The summed E-state index contributed by atoms with van der Waals surface area (Å²) < 4.78 is 0. The van der Waals surface area contributed by atoms with E-state index in [-0.39, 0.29) is 5.91 Å². The fourth-order valence-corrected chi connectivity index (χ4v) is 1.88. The van der Waals surface area contributed by atoms with Crippen LogP contribution in [0.3, 0.4) is 0 Å². The van der Waals surface area contributed by atoms with Crippen molar-refractivity contribution in [1.82, 2.24) is 4.98 Å². The molecule has 1 amide bonds. The summed E-state index contributed by atoms with van der Waals surface area (Å²) in [5.41, 5.74) is 2.40. The predicted octanol–water partition coefficient (Wildman–Crippen LogP) is 3.34. The number of nitrogens with one attached hydrogen (secondary N) is 2. The first kappa shape index (κ1) is 13.4. The van der Waals surface area contributed by atoms with E-state index >= 15 is 0 Å². The van der Waals surface area contributed by atoms with Gasteiger partial charge in [0.15, 0.2) is 5.82 Å². The highest BCUT2D eigenvalue weighted by atomic mass is 35.5. The number of aromatic nitrogens is 1. The summed E-state index contributed by atoms with van der Waals surface area (Å²) in [5.74, 6) is 0.113. The minimum Gasteiger partial charge on any atom is -0.387 e. The highest BCUT2D eigenvalue weighted by Gasteiger charge is 2.12. The zero-order chi connectivity index (χ0) is 13.8. The molecule has 0 atom stereocenters. The zero-order valence-electron chi connectivity index (χ0n) is 10.7. The Morgan fingerprint density at radius 1 is 1.32 bits per heavy atom. The highest BCUT2D eigenvalue weighted by Crippen LogP contribution is 2.21. The van der Waals surface area contributed by atoms with Crippen molar-refractivity contribution in [3.8, 4) is 0 Å². The number of rotatable bonds is 3. The first-order valence-electron chi connectivity index (χ1n) is 5.82. The summed E-state index contributed by atoms with van der Waals surface area (Å²) in [4.78, 5) is 16.2. The second kappa shape index (κ2) is 5.71. The van der Waals surface area contributed by atoms with Crippen molar-refractivity contribution in [2.45, 2.75) is 6.92 Å². The fraction of sp³-hybridized carbons (Fsp3) is 0.143. The van der Waals surface area contributed by atoms with E-state index < -0.39 is 0 Å². The third-order valence-electron chi connectivity index (χ3n) is 2.68. The number of hydrogen-bond donors (Lipinski definition) is 2. The summed E-state index contributed by atoms with van der Waals surface area (Å²) in [6.07, 6.45) is 1.58. The van der Waals surface area contributed by atoms with Crippen LogP contribution in [0, 0.1) is 6.92 Å². The monoisotopic (exact) mass is 275 g/mol. The molecule has 0 radical (unpaired) electrons. The maximum Gasteiger partial charge on any atom is 0.258 e. The number of carbonyl (C=O) groups is 1. The SMILES string of the molecule is CNc1cc(C)ccc1C(=O)Nc1ncccc1Cl.